The van der Waals surface area contributed by atoms with E-state index >= 15 is 0 Å². The number of hydrogen-bond acceptors (Lipinski definition) is 5. The zero-order valence-corrected chi connectivity index (χ0v) is 20.6. The Kier molecular flexibility index (Phi) is 8.93. The molecule has 0 bridgehead atoms. The molecule has 36 heavy (non-hydrogen) atoms. The van der Waals surface area contributed by atoms with Crippen LogP contribution in [0.2, 0.25) is 0 Å². The Morgan fingerprint density at radius 1 is 1.17 bits per heavy atom. The summed E-state index contributed by atoms with van der Waals surface area (Å²) in [5.41, 5.74) is 2.66. The van der Waals surface area contributed by atoms with Gasteiger partial charge >= 0.3 is 0 Å². The first-order chi connectivity index (χ1) is 17.3. The molecule has 3 aromatic rings. The maximum Gasteiger partial charge on any atom is 0.267 e. The van der Waals surface area contributed by atoms with Crippen LogP contribution in [0.15, 0.2) is 53.8 Å². The van der Waals surface area contributed by atoms with Gasteiger partial charge in [-0.1, -0.05) is 12.1 Å². The second-order valence-electron chi connectivity index (χ2n) is 7.80. The number of nitrogens with zero attached hydrogens (tertiary/aromatic N) is 3. The first-order valence-corrected chi connectivity index (χ1v) is 11.2. The van der Waals surface area contributed by atoms with Crippen LogP contribution in [0.3, 0.4) is 0 Å². The van der Waals surface area contributed by atoms with Crippen LogP contribution in [0.25, 0.3) is 12.2 Å². The molecule has 1 aromatic carbocycles. The summed E-state index contributed by atoms with van der Waals surface area (Å²) in [6.45, 7) is 0.431. The highest BCUT2D eigenvalue weighted by molar-refractivity contribution is 6.05. The molecule has 0 aliphatic rings. The zero-order chi connectivity index (χ0) is 26.1. The monoisotopic (exact) mass is 492 g/mol. The van der Waals surface area contributed by atoms with Crippen LogP contribution in [-0.2, 0) is 7.05 Å². The van der Waals surface area contributed by atoms with Crippen molar-refractivity contribution in [3.8, 4) is 5.75 Å². The van der Waals surface area contributed by atoms with Crippen LogP contribution in [0.1, 0.15) is 38.5 Å². The highest BCUT2D eigenvalue weighted by atomic mass is 19.1. The third kappa shape index (κ3) is 6.78. The molecule has 2 amide bonds. The number of aryl methyl sites for hydroxylation is 1. The molecule has 9 nitrogen and oxygen atoms in total. The van der Waals surface area contributed by atoms with Gasteiger partial charge in [0.1, 0.15) is 5.69 Å². The average molecular weight is 493 g/mol. The SMILES string of the molecule is C/N=C(/CCNC(=O)c1cc(NC(=O)c2ccc(/C=C/c3ccc(F)c(OC)c3)nc2)cn1C)NC. The first-order valence-electron chi connectivity index (χ1n) is 11.2. The lowest BCUT2D eigenvalue weighted by atomic mass is 10.1. The Morgan fingerprint density at radius 2 is 1.97 bits per heavy atom. The summed E-state index contributed by atoms with van der Waals surface area (Å²) >= 11 is 0. The fourth-order valence-electron chi connectivity index (χ4n) is 3.40. The van der Waals surface area contributed by atoms with Crippen LogP contribution in [0.4, 0.5) is 10.1 Å². The molecule has 3 rings (SSSR count). The molecule has 0 atom stereocenters. The van der Waals surface area contributed by atoms with Crippen molar-refractivity contribution >= 4 is 35.5 Å². The molecule has 0 spiro atoms. The summed E-state index contributed by atoms with van der Waals surface area (Å²) < 4.78 is 20.2. The topological polar surface area (TPSA) is 110 Å². The maximum absolute atomic E-state index is 13.5. The number of carbonyl (C=O) groups is 2. The molecule has 2 heterocycles. The lowest BCUT2D eigenvalue weighted by Crippen LogP contribution is -2.30. The number of ether oxygens (including phenoxy) is 1. The van der Waals surface area contributed by atoms with E-state index in [0.29, 0.717) is 35.6 Å². The number of methoxy groups -OCH3 is 1. The largest absolute Gasteiger partial charge is 0.494 e. The maximum atomic E-state index is 13.5. The molecule has 0 unspecified atom stereocenters. The number of halogens is 1. The number of amidine groups is 1. The summed E-state index contributed by atoms with van der Waals surface area (Å²) in [6, 6.07) is 9.51. The molecule has 0 aliphatic heterocycles. The van der Waals surface area contributed by atoms with Gasteiger partial charge in [0, 0.05) is 46.5 Å². The molecule has 10 heteroatoms. The van der Waals surface area contributed by atoms with E-state index in [4.69, 9.17) is 4.74 Å². The highest BCUT2D eigenvalue weighted by Gasteiger charge is 2.14. The number of aliphatic imine (C=N–C) groups is 1. The number of anilines is 1. The Labute approximate surface area is 209 Å². The number of amides is 2. The van der Waals surface area contributed by atoms with Crippen molar-refractivity contribution in [2.75, 3.05) is 33.1 Å². The van der Waals surface area contributed by atoms with E-state index in [0.717, 1.165) is 11.4 Å². The molecule has 3 N–H and O–H groups in total. The number of nitrogens with one attached hydrogen (secondary N) is 3. The Bertz CT molecular complexity index is 1280. The van der Waals surface area contributed by atoms with Crippen LogP contribution in [-0.4, -0.2) is 55.0 Å². The van der Waals surface area contributed by atoms with Gasteiger partial charge in [-0.25, -0.2) is 4.39 Å². The summed E-state index contributed by atoms with van der Waals surface area (Å²) in [6.07, 6.45) is 7.24. The number of benzene rings is 1. The highest BCUT2D eigenvalue weighted by Crippen LogP contribution is 2.20. The number of carbonyl (C=O) groups excluding carboxylic acids is 2. The summed E-state index contributed by atoms with van der Waals surface area (Å²) in [4.78, 5) is 33.5. The van der Waals surface area contributed by atoms with E-state index in [1.807, 2.05) is 0 Å². The fraction of sp³-hybridized carbons (Fsp3) is 0.231. The summed E-state index contributed by atoms with van der Waals surface area (Å²) in [5, 5.41) is 8.59. The quantitative estimate of drug-likeness (QED) is 0.314. The summed E-state index contributed by atoms with van der Waals surface area (Å²) in [7, 11) is 6.61. The zero-order valence-electron chi connectivity index (χ0n) is 20.6. The van der Waals surface area contributed by atoms with Crippen molar-refractivity contribution in [2.24, 2.45) is 12.0 Å². The van der Waals surface area contributed by atoms with E-state index in [1.54, 1.807) is 74.4 Å². The first kappa shape index (κ1) is 26.1. The second kappa shape index (κ2) is 12.3. The molecular weight excluding hydrogens is 463 g/mol. The number of aromatic nitrogens is 2. The molecule has 0 fully saturated rings. The van der Waals surface area contributed by atoms with Crippen LogP contribution >= 0.6 is 0 Å². The van der Waals surface area contributed by atoms with Crippen molar-refractivity contribution < 1.29 is 18.7 Å². The van der Waals surface area contributed by atoms with Crippen molar-refractivity contribution in [3.63, 3.8) is 0 Å². The van der Waals surface area contributed by atoms with Gasteiger partial charge in [0.05, 0.1) is 29.9 Å². The van der Waals surface area contributed by atoms with Gasteiger partial charge in [0.25, 0.3) is 11.8 Å². The van der Waals surface area contributed by atoms with Crippen LogP contribution < -0.4 is 20.7 Å². The van der Waals surface area contributed by atoms with Gasteiger partial charge in [0.2, 0.25) is 0 Å². The Morgan fingerprint density at radius 3 is 2.64 bits per heavy atom. The predicted molar refractivity (Wildman–Crippen MR) is 139 cm³/mol. The van der Waals surface area contributed by atoms with Gasteiger partial charge in [-0.15, -0.1) is 0 Å². The van der Waals surface area contributed by atoms with Crippen molar-refractivity contribution in [3.05, 3.63) is 77.1 Å². The molecule has 2 aromatic heterocycles. The minimum atomic E-state index is -0.431. The minimum Gasteiger partial charge on any atom is -0.494 e. The molecule has 0 saturated heterocycles. The lowest BCUT2D eigenvalue weighted by Gasteiger charge is -2.07. The number of pyridine rings is 1. The van der Waals surface area contributed by atoms with Crippen LogP contribution in [0.5, 0.6) is 5.75 Å². The van der Waals surface area contributed by atoms with Crippen molar-refractivity contribution in [1.82, 2.24) is 20.2 Å². The van der Waals surface area contributed by atoms with Gasteiger partial charge < -0.3 is 25.3 Å². The third-order valence-electron chi connectivity index (χ3n) is 5.37. The van der Waals surface area contributed by atoms with E-state index in [2.05, 4.69) is 25.9 Å². The van der Waals surface area contributed by atoms with Crippen molar-refractivity contribution in [1.29, 1.82) is 0 Å². The second-order valence-corrected chi connectivity index (χ2v) is 7.80. The van der Waals surface area contributed by atoms with Crippen LogP contribution in [0, 0.1) is 5.82 Å². The van der Waals surface area contributed by atoms with E-state index < -0.39 is 5.82 Å². The minimum absolute atomic E-state index is 0.160. The molecular formula is C26H29FN6O3. The van der Waals surface area contributed by atoms with Gasteiger partial charge in [-0.2, -0.15) is 0 Å². The van der Waals surface area contributed by atoms with Gasteiger partial charge in [-0.05, 0) is 42.0 Å². The number of hydrogen-bond donors (Lipinski definition) is 3. The Hall–Kier alpha value is -4.47. The van der Waals surface area contributed by atoms with Gasteiger partial charge in [0.15, 0.2) is 11.6 Å². The predicted octanol–water partition coefficient (Wildman–Crippen LogP) is 3.36. The molecule has 0 radical (unpaired) electrons. The third-order valence-corrected chi connectivity index (χ3v) is 5.37. The molecule has 0 saturated carbocycles. The van der Waals surface area contributed by atoms with Crippen molar-refractivity contribution in [2.45, 2.75) is 6.42 Å². The normalized spacial score (nSPS) is 11.4. The number of rotatable bonds is 9. The van der Waals surface area contributed by atoms with E-state index in [9.17, 15) is 14.0 Å². The molecule has 0 aliphatic carbocycles. The summed E-state index contributed by atoms with van der Waals surface area (Å²) in [5.74, 6) is -0.0781. The fourth-order valence-corrected chi connectivity index (χ4v) is 3.40. The smallest absolute Gasteiger partial charge is 0.267 e. The van der Waals surface area contributed by atoms with E-state index in [1.165, 1.54) is 19.4 Å². The lowest BCUT2D eigenvalue weighted by molar-refractivity contribution is 0.0945. The average Bonchev–Trinajstić information content (AvgIpc) is 3.26. The standard InChI is InChI=1S/C26H29FN6O3/c1-28-24(29-2)11-12-30-26(35)22-14-20(16-33(22)3)32-25(34)18-7-9-19(31-15-18)8-5-17-6-10-21(27)23(13-17)36-4/h5-10,13-16H,11-12H2,1-4H3,(H,28,29)(H,30,35)(H,32,34)/b8-5+. The van der Waals surface area contributed by atoms with Gasteiger partial charge in [-0.3, -0.25) is 19.6 Å². The Balaban J connectivity index is 1.59. The van der Waals surface area contributed by atoms with E-state index in [-0.39, 0.29) is 17.6 Å². The molecule has 188 valence electrons.